The molecule has 0 fully saturated rings. The van der Waals surface area contributed by atoms with Gasteiger partial charge in [0.1, 0.15) is 5.56 Å². The molecular formula is C11H7BrClN3O2. The molecule has 1 heterocycles. The molecule has 92 valence electrons. The van der Waals surface area contributed by atoms with Crippen molar-refractivity contribution < 1.29 is 9.90 Å². The van der Waals surface area contributed by atoms with Gasteiger partial charge in [0.05, 0.1) is 0 Å². The first-order valence-electron chi connectivity index (χ1n) is 4.85. The average molecular weight is 329 g/mol. The number of nitrogens with zero attached hydrogens (tertiary/aromatic N) is 2. The summed E-state index contributed by atoms with van der Waals surface area (Å²) in [5.74, 6) is -0.826. The number of aromatic nitrogens is 2. The van der Waals surface area contributed by atoms with Crippen LogP contribution >= 0.6 is 27.5 Å². The molecule has 2 aromatic rings. The number of halogens is 2. The van der Waals surface area contributed by atoms with Crippen molar-refractivity contribution in [1.82, 2.24) is 10.2 Å². The van der Waals surface area contributed by atoms with Crippen LogP contribution in [0.2, 0.25) is 5.15 Å². The van der Waals surface area contributed by atoms with Gasteiger partial charge >= 0.3 is 5.97 Å². The van der Waals surface area contributed by atoms with Gasteiger partial charge in [0.15, 0.2) is 11.0 Å². The van der Waals surface area contributed by atoms with Gasteiger partial charge in [-0.15, -0.1) is 10.2 Å². The summed E-state index contributed by atoms with van der Waals surface area (Å²) in [5.41, 5.74) is 0.678. The molecule has 0 amide bonds. The molecule has 2 N–H and O–H groups in total. The van der Waals surface area contributed by atoms with Crippen molar-refractivity contribution in [3.05, 3.63) is 45.5 Å². The molecule has 0 aliphatic rings. The van der Waals surface area contributed by atoms with E-state index < -0.39 is 5.97 Å². The maximum atomic E-state index is 10.9. The molecule has 7 heteroatoms. The third-order valence-corrected chi connectivity index (χ3v) is 2.90. The summed E-state index contributed by atoms with van der Waals surface area (Å²) >= 11 is 8.95. The Bertz CT molecular complexity index is 589. The highest BCUT2D eigenvalue weighted by Crippen LogP contribution is 2.20. The number of nitrogens with one attached hydrogen (secondary N) is 1. The van der Waals surface area contributed by atoms with Crippen molar-refractivity contribution in [1.29, 1.82) is 0 Å². The number of carbonyl (C=O) groups is 1. The Morgan fingerprint density at radius 3 is 2.56 bits per heavy atom. The van der Waals surface area contributed by atoms with E-state index >= 15 is 0 Å². The van der Waals surface area contributed by atoms with E-state index in [2.05, 4.69) is 31.4 Å². The Hall–Kier alpha value is -1.66. The highest BCUT2D eigenvalue weighted by molar-refractivity contribution is 9.10. The molecule has 1 aromatic heterocycles. The fourth-order valence-electron chi connectivity index (χ4n) is 1.27. The molecule has 0 unspecified atom stereocenters. The Balaban J connectivity index is 2.27. The third kappa shape index (κ3) is 2.96. The third-order valence-electron chi connectivity index (χ3n) is 2.10. The maximum absolute atomic E-state index is 10.9. The van der Waals surface area contributed by atoms with Crippen molar-refractivity contribution in [3.8, 4) is 0 Å². The summed E-state index contributed by atoms with van der Waals surface area (Å²) in [6.45, 7) is 0. The van der Waals surface area contributed by atoms with Crippen LogP contribution in [0.1, 0.15) is 10.4 Å². The first kappa shape index (κ1) is 12.8. The van der Waals surface area contributed by atoms with Gasteiger partial charge in [-0.2, -0.15) is 0 Å². The minimum absolute atomic E-state index is 0.0914. The maximum Gasteiger partial charge on any atom is 0.339 e. The number of benzene rings is 1. The van der Waals surface area contributed by atoms with Gasteiger partial charge in [0.25, 0.3) is 0 Å². The van der Waals surface area contributed by atoms with Gasteiger partial charge in [-0.25, -0.2) is 4.79 Å². The quantitative estimate of drug-likeness (QED) is 0.904. The predicted octanol–water partition coefficient (Wildman–Crippen LogP) is 3.33. The molecule has 1 aromatic carbocycles. The van der Waals surface area contributed by atoms with E-state index in [9.17, 15) is 4.79 Å². The molecule has 0 atom stereocenters. The fraction of sp³-hybridized carbons (Fsp3) is 0. The van der Waals surface area contributed by atoms with Crippen LogP contribution in [0.3, 0.4) is 0 Å². The summed E-state index contributed by atoms with van der Waals surface area (Å²) in [4.78, 5) is 10.9. The van der Waals surface area contributed by atoms with Gasteiger partial charge in [0, 0.05) is 16.2 Å². The molecule has 0 bridgehead atoms. The topological polar surface area (TPSA) is 75.1 Å². The summed E-state index contributed by atoms with van der Waals surface area (Å²) in [5, 5.41) is 19.1. The van der Waals surface area contributed by atoms with Gasteiger partial charge in [-0.1, -0.05) is 27.5 Å². The van der Waals surface area contributed by atoms with Gasteiger partial charge in [-0.3, -0.25) is 0 Å². The van der Waals surface area contributed by atoms with E-state index in [0.29, 0.717) is 5.82 Å². The van der Waals surface area contributed by atoms with Crippen LogP contribution in [0.5, 0.6) is 0 Å². The minimum atomic E-state index is -1.14. The van der Waals surface area contributed by atoms with Crippen LogP contribution < -0.4 is 5.32 Å². The zero-order valence-electron chi connectivity index (χ0n) is 8.89. The summed E-state index contributed by atoms with van der Waals surface area (Å²) in [6.07, 6.45) is 0. The molecule has 0 radical (unpaired) electrons. The Morgan fingerprint density at radius 1 is 1.28 bits per heavy atom. The summed E-state index contributed by atoms with van der Waals surface area (Å²) < 4.78 is 0.946. The molecule has 2 rings (SSSR count). The first-order valence-corrected chi connectivity index (χ1v) is 6.02. The van der Waals surface area contributed by atoms with E-state index in [1.54, 1.807) is 0 Å². The predicted molar refractivity (Wildman–Crippen MR) is 71.4 cm³/mol. The molecule has 0 saturated heterocycles. The lowest BCUT2D eigenvalue weighted by atomic mass is 10.3. The molecule has 5 nitrogen and oxygen atoms in total. The lowest BCUT2D eigenvalue weighted by molar-refractivity contribution is 0.0696. The Labute approximate surface area is 116 Å². The molecule has 0 spiro atoms. The lowest BCUT2D eigenvalue weighted by Crippen LogP contribution is -2.03. The molecule has 18 heavy (non-hydrogen) atoms. The van der Waals surface area contributed by atoms with Crippen molar-refractivity contribution in [3.63, 3.8) is 0 Å². The normalized spacial score (nSPS) is 10.1. The molecular weight excluding hydrogens is 321 g/mol. The van der Waals surface area contributed by atoms with Crippen molar-refractivity contribution in [2.24, 2.45) is 0 Å². The largest absolute Gasteiger partial charge is 0.478 e. The summed E-state index contributed by atoms with van der Waals surface area (Å²) in [6, 6.07) is 8.68. The molecule has 0 aliphatic carbocycles. The van der Waals surface area contributed by atoms with E-state index in [1.807, 2.05) is 24.3 Å². The second kappa shape index (κ2) is 5.32. The zero-order valence-corrected chi connectivity index (χ0v) is 11.2. The highest BCUT2D eigenvalue weighted by atomic mass is 79.9. The van der Waals surface area contributed by atoms with Crippen LogP contribution in [0.15, 0.2) is 34.8 Å². The van der Waals surface area contributed by atoms with Crippen LogP contribution in [0.4, 0.5) is 11.5 Å². The average Bonchev–Trinajstić information content (AvgIpc) is 2.34. The summed E-state index contributed by atoms with van der Waals surface area (Å²) in [7, 11) is 0. The van der Waals surface area contributed by atoms with E-state index in [-0.39, 0.29) is 10.7 Å². The lowest BCUT2D eigenvalue weighted by Gasteiger charge is -2.06. The van der Waals surface area contributed by atoms with Crippen molar-refractivity contribution >= 4 is 45.0 Å². The van der Waals surface area contributed by atoms with Gasteiger partial charge < -0.3 is 10.4 Å². The molecule has 0 saturated carbocycles. The van der Waals surface area contributed by atoms with Crippen LogP contribution in [0, 0.1) is 0 Å². The number of carboxylic acids is 1. The number of anilines is 2. The van der Waals surface area contributed by atoms with Crippen LogP contribution in [-0.4, -0.2) is 21.3 Å². The number of hydrogen-bond donors (Lipinski definition) is 2. The van der Waals surface area contributed by atoms with E-state index in [0.717, 1.165) is 10.2 Å². The zero-order chi connectivity index (χ0) is 13.1. The second-order valence-corrected chi connectivity index (χ2v) is 4.64. The minimum Gasteiger partial charge on any atom is -0.478 e. The highest BCUT2D eigenvalue weighted by Gasteiger charge is 2.12. The number of carboxylic acid groups (broad SMARTS) is 1. The number of hydrogen-bond acceptors (Lipinski definition) is 4. The Morgan fingerprint density at radius 2 is 1.94 bits per heavy atom. The number of aromatic carboxylic acids is 1. The van der Waals surface area contributed by atoms with E-state index in [1.165, 1.54) is 6.07 Å². The van der Waals surface area contributed by atoms with Crippen molar-refractivity contribution in [2.45, 2.75) is 0 Å². The first-order chi connectivity index (χ1) is 8.56. The smallest absolute Gasteiger partial charge is 0.339 e. The fourth-order valence-corrected chi connectivity index (χ4v) is 1.71. The standard InChI is InChI=1S/C11H7BrClN3O2/c12-6-1-3-7(4-2-6)14-9-5-8(11(17)18)10(13)16-15-9/h1-5H,(H,14,15)(H,17,18). The van der Waals surface area contributed by atoms with Crippen molar-refractivity contribution in [2.75, 3.05) is 5.32 Å². The van der Waals surface area contributed by atoms with Crippen LogP contribution in [-0.2, 0) is 0 Å². The van der Waals surface area contributed by atoms with Gasteiger partial charge in [-0.05, 0) is 24.3 Å². The van der Waals surface area contributed by atoms with Gasteiger partial charge in [0.2, 0.25) is 0 Å². The SMILES string of the molecule is O=C(O)c1cc(Nc2ccc(Br)cc2)nnc1Cl. The monoisotopic (exact) mass is 327 g/mol. The Kier molecular flexibility index (Phi) is 3.78. The second-order valence-electron chi connectivity index (χ2n) is 3.37. The number of rotatable bonds is 3. The van der Waals surface area contributed by atoms with Crippen LogP contribution in [0.25, 0.3) is 0 Å². The molecule has 0 aliphatic heterocycles. The van der Waals surface area contributed by atoms with E-state index in [4.69, 9.17) is 16.7 Å².